The molecule has 0 aliphatic heterocycles. The van der Waals surface area contributed by atoms with E-state index in [1.807, 2.05) is 44.2 Å². The minimum absolute atomic E-state index is 0.0355. The second-order valence-electron chi connectivity index (χ2n) is 9.96. The van der Waals surface area contributed by atoms with Gasteiger partial charge < -0.3 is 30.9 Å². The Morgan fingerprint density at radius 1 is 1.02 bits per heavy atom. The van der Waals surface area contributed by atoms with Crippen LogP contribution in [-0.2, 0) is 30.3 Å². The number of nitrogens with zero attached hydrogens (tertiary/aromatic N) is 1. The van der Waals surface area contributed by atoms with Crippen LogP contribution < -0.4 is 21.7 Å². The van der Waals surface area contributed by atoms with Crippen LogP contribution in [0.2, 0.25) is 0 Å². The highest BCUT2D eigenvalue weighted by atomic mass is 16.5. The van der Waals surface area contributed by atoms with Gasteiger partial charge in [0, 0.05) is 31.0 Å². The van der Waals surface area contributed by atoms with E-state index in [4.69, 9.17) is 15.0 Å². The average molecular weight is 570 g/mol. The first-order chi connectivity index (χ1) is 19.5. The molecule has 0 aliphatic carbocycles. The molecular weight excluding hydrogens is 530 g/mol. The molecule has 1 aromatic heterocycles. The molecule has 0 bridgehead atoms. The first-order valence-corrected chi connectivity index (χ1v) is 13.5. The molecule has 4 amide bonds. The van der Waals surface area contributed by atoms with Crippen molar-refractivity contribution in [3.8, 4) is 0 Å². The number of nitrogens with two attached hydrogens (primary N) is 1. The smallest absolute Gasteiger partial charge is 0.330 e. The summed E-state index contributed by atoms with van der Waals surface area (Å²) in [7, 11) is 0. The largest absolute Gasteiger partial charge is 0.463 e. The second kappa shape index (κ2) is 16.6. The van der Waals surface area contributed by atoms with Crippen molar-refractivity contribution >= 4 is 29.6 Å². The lowest BCUT2D eigenvalue weighted by atomic mass is 10.0. The van der Waals surface area contributed by atoms with Crippen LogP contribution in [0.25, 0.3) is 0 Å². The molecule has 2 rings (SSSR count). The number of carbonyl (C=O) groups is 5. The van der Waals surface area contributed by atoms with Gasteiger partial charge in [-0.2, -0.15) is 0 Å². The summed E-state index contributed by atoms with van der Waals surface area (Å²) < 4.78 is 9.86. The topological polar surface area (TPSA) is 183 Å². The van der Waals surface area contributed by atoms with Gasteiger partial charge in [0.1, 0.15) is 17.8 Å². The Balaban J connectivity index is 2.27. The summed E-state index contributed by atoms with van der Waals surface area (Å²) in [5.41, 5.74) is 6.11. The third-order valence-electron chi connectivity index (χ3n) is 5.89. The Hall–Kier alpha value is -4.48. The van der Waals surface area contributed by atoms with E-state index in [-0.39, 0.29) is 37.5 Å². The number of amides is 4. The van der Waals surface area contributed by atoms with Crippen LogP contribution in [0.15, 0.2) is 53.1 Å². The third-order valence-corrected chi connectivity index (χ3v) is 5.89. The van der Waals surface area contributed by atoms with Crippen LogP contribution in [0.4, 0.5) is 0 Å². The standard InChI is InChI=1S/C29H39N5O7/c1-5-40-26(36)14-12-21(11-13-25(30)35)31-27(37)23(17-20-9-7-6-8-10-20)33-28(38)22(15-18(2)3)32-29(39)24-16-19(4)41-34-24/h6-10,12,14,16,18,21-23H,5,11,13,15,17H2,1-4H3,(H2,30,35)(H,31,37)(H,32,39)(H,33,38)/t21-,22-,23-/m0/s1. The molecule has 1 aromatic carbocycles. The molecule has 0 unspecified atom stereocenters. The van der Waals surface area contributed by atoms with Crippen molar-refractivity contribution in [2.24, 2.45) is 11.7 Å². The number of hydrogen-bond acceptors (Lipinski definition) is 8. The van der Waals surface area contributed by atoms with Crippen LogP contribution in [0.1, 0.15) is 61.8 Å². The molecule has 0 radical (unpaired) electrons. The highest BCUT2D eigenvalue weighted by Gasteiger charge is 2.29. The van der Waals surface area contributed by atoms with E-state index in [0.717, 1.165) is 5.56 Å². The van der Waals surface area contributed by atoms with Crippen molar-refractivity contribution in [1.82, 2.24) is 21.1 Å². The van der Waals surface area contributed by atoms with Gasteiger partial charge in [-0.05, 0) is 38.2 Å². The third kappa shape index (κ3) is 12.1. The number of benzene rings is 1. The lowest BCUT2D eigenvalue weighted by molar-refractivity contribution is -0.137. The normalized spacial score (nSPS) is 13.3. The Kier molecular flexibility index (Phi) is 13.2. The summed E-state index contributed by atoms with van der Waals surface area (Å²) in [4.78, 5) is 62.9. The highest BCUT2D eigenvalue weighted by molar-refractivity contribution is 5.97. The maximum Gasteiger partial charge on any atom is 0.330 e. The predicted octanol–water partition coefficient (Wildman–Crippen LogP) is 1.72. The fourth-order valence-corrected chi connectivity index (χ4v) is 3.92. The summed E-state index contributed by atoms with van der Waals surface area (Å²) in [6.45, 7) is 7.29. The zero-order valence-corrected chi connectivity index (χ0v) is 23.8. The maximum absolute atomic E-state index is 13.5. The molecule has 1 heterocycles. The fourth-order valence-electron chi connectivity index (χ4n) is 3.92. The van der Waals surface area contributed by atoms with Gasteiger partial charge >= 0.3 is 5.97 Å². The van der Waals surface area contributed by atoms with Crippen LogP contribution >= 0.6 is 0 Å². The van der Waals surface area contributed by atoms with Crippen molar-refractivity contribution in [3.05, 3.63) is 65.6 Å². The number of nitrogens with one attached hydrogen (secondary N) is 3. The molecule has 0 spiro atoms. The van der Waals surface area contributed by atoms with Gasteiger partial charge in [-0.1, -0.05) is 55.4 Å². The number of aryl methyl sites for hydroxylation is 1. The zero-order chi connectivity index (χ0) is 30.4. The molecule has 0 saturated heterocycles. The van der Waals surface area contributed by atoms with E-state index in [1.54, 1.807) is 13.8 Å². The minimum Gasteiger partial charge on any atom is -0.463 e. The van der Waals surface area contributed by atoms with Gasteiger partial charge in [-0.25, -0.2) is 4.79 Å². The monoisotopic (exact) mass is 569 g/mol. The Morgan fingerprint density at radius 2 is 1.71 bits per heavy atom. The molecule has 222 valence electrons. The summed E-state index contributed by atoms with van der Waals surface area (Å²) in [5.74, 6) is -2.37. The molecule has 0 aliphatic rings. The summed E-state index contributed by atoms with van der Waals surface area (Å²) in [6, 6.07) is 7.81. The molecule has 12 nitrogen and oxygen atoms in total. The van der Waals surface area contributed by atoms with E-state index in [2.05, 4.69) is 21.1 Å². The summed E-state index contributed by atoms with van der Waals surface area (Å²) in [6.07, 6.45) is 3.12. The van der Waals surface area contributed by atoms with Crippen molar-refractivity contribution in [3.63, 3.8) is 0 Å². The first-order valence-electron chi connectivity index (χ1n) is 13.5. The van der Waals surface area contributed by atoms with Gasteiger partial charge in [0.25, 0.3) is 5.91 Å². The molecule has 3 atom stereocenters. The number of carbonyl (C=O) groups excluding carboxylic acids is 5. The van der Waals surface area contributed by atoms with Gasteiger partial charge in [-0.3, -0.25) is 19.2 Å². The molecule has 5 N–H and O–H groups in total. The summed E-state index contributed by atoms with van der Waals surface area (Å²) in [5, 5.41) is 11.9. The number of ether oxygens (including phenoxy) is 1. The van der Waals surface area contributed by atoms with Crippen molar-refractivity contribution in [1.29, 1.82) is 0 Å². The molecule has 2 aromatic rings. The highest BCUT2D eigenvalue weighted by Crippen LogP contribution is 2.10. The maximum atomic E-state index is 13.5. The molecular formula is C29H39N5O7. The van der Waals surface area contributed by atoms with E-state index >= 15 is 0 Å². The van der Waals surface area contributed by atoms with E-state index in [9.17, 15) is 24.0 Å². The van der Waals surface area contributed by atoms with Crippen LogP contribution in [0, 0.1) is 12.8 Å². The van der Waals surface area contributed by atoms with Crippen molar-refractivity contribution in [2.75, 3.05) is 6.61 Å². The molecule has 0 fully saturated rings. The molecule has 0 saturated carbocycles. The Bertz CT molecular complexity index is 1210. The van der Waals surface area contributed by atoms with E-state index in [0.29, 0.717) is 12.2 Å². The Labute approximate surface area is 239 Å². The van der Waals surface area contributed by atoms with Gasteiger partial charge in [0.05, 0.1) is 6.61 Å². The van der Waals surface area contributed by atoms with Gasteiger partial charge in [0.15, 0.2) is 5.69 Å². The van der Waals surface area contributed by atoms with Crippen molar-refractivity contribution in [2.45, 2.75) is 71.5 Å². The van der Waals surface area contributed by atoms with Gasteiger partial charge in [0.2, 0.25) is 17.7 Å². The first kappa shape index (κ1) is 32.7. The fraction of sp³-hybridized carbons (Fsp3) is 0.448. The molecule has 41 heavy (non-hydrogen) atoms. The Morgan fingerprint density at radius 3 is 2.29 bits per heavy atom. The number of primary amides is 1. The number of esters is 1. The van der Waals surface area contributed by atoms with Crippen LogP contribution in [0.3, 0.4) is 0 Å². The molecule has 12 heteroatoms. The minimum atomic E-state index is -1.04. The quantitative estimate of drug-likeness (QED) is 0.174. The number of rotatable bonds is 16. The van der Waals surface area contributed by atoms with E-state index < -0.39 is 47.7 Å². The van der Waals surface area contributed by atoms with E-state index in [1.165, 1.54) is 18.2 Å². The van der Waals surface area contributed by atoms with Crippen LogP contribution in [0.5, 0.6) is 0 Å². The SMILES string of the molecule is CCOC(=O)C=C[C@H](CCC(N)=O)NC(=O)[C@H](Cc1ccccc1)NC(=O)[C@H](CC(C)C)NC(=O)c1cc(C)on1. The van der Waals surface area contributed by atoms with Crippen molar-refractivity contribution < 1.29 is 33.2 Å². The number of hydrogen-bond donors (Lipinski definition) is 4. The lowest BCUT2D eigenvalue weighted by Gasteiger charge is -2.25. The van der Waals surface area contributed by atoms with Crippen LogP contribution in [-0.4, -0.2) is 59.5 Å². The predicted molar refractivity (Wildman–Crippen MR) is 150 cm³/mol. The lowest BCUT2D eigenvalue weighted by Crippen LogP contribution is -2.55. The number of aromatic nitrogens is 1. The van der Waals surface area contributed by atoms with Gasteiger partial charge in [-0.15, -0.1) is 0 Å². The summed E-state index contributed by atoms with van der Waals surface area (Å²) >= 11 is 0. The zero-order valence-electron chi connectivity index (χ0n) is 23.8. The second-order valence-corrected chi connectivity index (χ2v) is 9.96. The average Bonchev–Trinajstić information content (AvgIpc) is 3.36.